The van der Waals surface area contributed by atoms with Gasteiger partial charge in [0, 0.05) is 19.0 Å². The summed E-state index contributed by atoms with van der Waals surface area (Å²) >= 11 is 0. The molecule has 1 amide bonds. The predicted octanol–water partition coefficient (Wildman–Crippen LogP) is 2.76. The van der Waals surface area contributed by atoms with Crippen LogP contribution in [-0.4, -0.2) is 49.4 Å². The second-order valence-electron chi connectivity index (χ2n) is 6.49. The number of nitrogens with zero attached hydrogens (tertiary/aromatic N) is 2. The van der Waals surface area contributed by atoms with E-state index in [1.807, 2.05) is 30.0 Å². The molecule has 23 heavy (non-hydrogen) atoms. The molecule has 1 heterocycles. The summed E-state index contributed by atoms with van der Waals surface area (Å²) in [7, 11) is 3.89. The number of likely N-dealkylation sites (N-methyl/N-ethyl adjacent to an activating group) is 1. The Bertz CT molecular complexity index is 666. The summed E-state index contributed by atoms with van der Waals surface area (Å²) in [4.78, 5) is 16.5. The van der Waals surface area contributed by atoms with E-state index >= 15 is 0 Å². The Hall–Kier alpha value is -2.13. The summed E-state index contributed by atoms with van der Waals surface area (Å²) in [6, 6.07) is 19.1. The molecule has 1 aliphatic heterocycles. The van der Waals surface area contributed by atoms with Gasteiger partial charge in [-0.1, -0.05) is 54.6 Å². The molecule has 0 aliphatic carbocycles. The second-order valence-corrected chi connectivity index (χ2v) is 6.49. The molecule has 2 aromatic rings. The lowest BCUT2D eigenvalue weighted by Gasteiger charge is -2.26. The lowest BCUT2D eigenvalue weighted by molar-refractivity contribution is -0.131. The molecule has 2 aromatic carbocycles. The molecule has 120 valence electrons. The number of amides is 1. The van der Waals surface area contributed by atoms with Crippen LogP contribution in [0, 0.1) is 0 Å². The summed E-state index contributed by atoms with van der Waals surface area (Å²) in [5.74, 6) is 0.463. The molecule has 0 bridgehead atoms. The first-order valence-corrected chi connectivity index (χ1v) is 8.20. The van der Waals surface area contributed by atoms with Crippen molar-refractivity contribution in [3.8, 4) is 0 Å². The first-order chi connectivity index (χ1) is 11.1. The van der Waals surface area contributed by atoms with Gasteiger partial charge in [-0.3, -0.25) is 4.79 Å². The summed E-state index contributed by atoms with van der Waals surface area (Å²) in [5.41, 5.74) is 4.00. The lowest BCUT2D eigenvalue weighted by Crippen LogP contribution is -2.40. The molecular weight excluding hydrogens is 284 g/mol. The summed E-state index contributed by atoms with van der Waals surface area (Å²) in [6.45, 7) is 2.03. The van der Waals surface area contributed by atoms with E-state index in [0.717, 1.165) is 19.5 Å². The van der Waals surface area contributed by atoms with E-state index in [4.69, 9.17) is 0 Å². The van der Waals surface area contributed by atoms with E-state index in [2.05, 4.69) is 48.5 Å². The van der Waals surface area contributed by atoms with Gasteiger partial charge in [-0.2, -0.15) is 0 Å². The van der Waals surface area contributed by atoms with Gasteiger partial charge >= 0.3 is 0 Å². The van der Waals surface area contributed by atoms with Crippen LogP contribution in [0.1, 0.15) is 22.6 Å². The highest BCUT2D eigenvalue weighted by molar-refractivity contribution is 5.78. The largest absolute Gasteiger partial charge is 0.340 e. The van der Waals surface area contributed by atoms with Crippen LogP contribution in [0.15, 0.2) is 54.6 Å². The Labute approximate surface area is 138 Å². The number of carbonyl (C=O) groups excluding carboxylic acids is 1. The van der Waals surface area contributed by atoms with Crippen LogP contribution in [0.3, 0.4) is 0 Å². The van der Waals surface area contributed by atoms with Gasteiger partial charge in [0.15, 0.2) is 0 Å². The first-order valence-electron chi connectivity index (χ1n) is 8.20. The van der Waals surface area contributed by atoms with Gasteiger partial charge in [0.05, 0.1) is 6.54 Å². The van der Waals surface area contributed by atoms with Gasteiger partial charge in [0.1, 0.15) is 0 Å². The highest BCUT2D eigenvalue weighted by Crippen LogP contribution is 2.31. The molecule has 0 N–H and O–H groups in total. The standard InChI is InChI=1S/C20H24N2O/c1-21(2)15-20(23)22-13-12-17-10-6-7-11-18(17)19(14-22)16-8-4-3-5-9-16/h3-11,19H,12-15H2,1-2H3/t19-/m0/s1. The fourth-order valence-electron chi connectivity index (χ4n) is 3.33. The normalized spacial score (nSPS) is 17.7. The van der Waals surface area contributed by atoms with E-state index < -0.39 is 0 Å². The molecule has 0 radical (unpaired) electrons. The molecule has 1 aliphatic rings. The summed E-state index contributed by atoms with van der Waals surface area (Å²) in [6.07, 6.45) is 0.929. The van der Waals surface area contributed by atoms with E-state index in [1.165, 1.54) is 16.7 Å². The third kappa shape index (κ3) is 3.62. The molecule has 0 saturated carbocycles. The van der Waals surface area contributed by atoms with Crippen LogP contribution in [0.4, 0.5) is 0 Å². The molecule has 3 heteroatoms. The fraction of sp³-hybridized carbons (Fsp3) is 0.350. The second kappa shape index (κ2) is 6.97. The fourth-order valence-corrected chi connectivity index (χ4v) is 3.33. The molecule has 0 saturated heterocycles. The predicted molar refractivity (Wildman–Crippen MR) is 93.6 cm³/mol. The molecular formula is C20H24N2O. The minimum absolute atomic E-state index is 0.212. The Morgan fingerprint density at radius 1 is 1.09 bits per heavy atom. The van der Waals surface area contributed by atoms with Crippen molar-refractivity contribution < 1.29 is 4.79 Å². The van der Waals surface area contributed by atoms with Gasteiger partial charge in [-0.25, -0.2) is 0 Å². The Balaban J connectivity index is 1.94. The number of fused-ring (bicyclic) bond motifs is 1. The third-order valence-corrected chi connectivity index (χ3v) is 4.49. The monoisotopic (exact) mass is 308 g/mol. The maximum absolute atomic E-state index is 12.6. The average molecular weight is 308 g/mol. The van der Waals surface area contributed by atoms with Crippen LogP contribution in [0.25, 0.3) is 0 Å². The molecule has 0 unspecified atom stereocenters. The van der Waals surface area contributed by atoms with Crippen molar-refractivity contribution in [1.82, 2.24) is 9.80 Å². The highest BCUT2D eigenvalue weighted by Gasteiger charge is 2.26. The van der Waals surface area contributed by atoms with Crippen LogP contribution in [0.2, 0.25) is 0 Å². The Morgan fingerprint density at radius 2 is 1.78 bits per heavy atom. The average Bonchev–Trinajstić information content (AvgIpc) is 2.75. The van der Waals surface area contributed by atoms with Crippen molar-refractivity contribution in [2.24, 2.45) is 0 Å². The molecule has 3 nitrogen and oxygen atoms in total. The maximum atomic E-state index is 12.6. The topological polar surface area (TPSA) is 23.6 Å². The minimum atomic E-state index is 0.212. The molecule has 0 fully saturated rings. The zero-order valence-electron chi connectivity index (χ0n) is 13.9. The van der Waals surface area contributed by atoms with Gasteiger partial charge in [-0.15, -0.1) is 0 Å². The van der Waals surface area contributed by atoms with Crippen molar-refractivity contribution in [2.45, 2.75) is 12.3 Å². The van der Waals surface area contributed by atoms with Crippen LogP contribution < -0.4 is 0 Å². The summed E-state index contributed by atoms with van der Waals surface area (Å²) < 4.78 is 0. The highest BCUT2D eigenvalue weighted by atomic mass is 16.2. The van der Waals surface area contributed by atoms with Gasteiger partial charge < -0.3 is 9.80 Å². The number of rotatable bonds is 3. The van der Waals surface area contributed by atoms with E-state index in [1.54, 1.807) is 0 Å². The minimum Gasteiger partial charge on any atom is -0.340 e. The van der Waals surface area contributed by atoms with Crippen molar-refractivity contribution in [2.75, 3.05) is 33.7 Å². The van der Waals surface area contributed by atoms with Gasteiger partial charge in [0.2, 0.25) is 5.91 Å². The molecule has 0 spiro atoms. The van der Waals surface area contributed by atoms with E-state index in [0.29, 0.717) is 6.54 Å². The number of hydrogen-bond acceptors (Lipinski definition) is 2. The number of hydrogen-bond donors (Lipinski definition) is 0. The lowest BCUT2D eigenvalue weighted by atomic mass is 9.88. The smallest absolute Gasteiger partial charge is 0.236 e. The first kappa shape index (κ1) is 15.8. The van der Waals surface area contributed by atoms with E-state index in [9.17, 15) is 4.79 Å². The molecule has 3 rings (SSSR count). The number of benzene rings is 2. The van der Waals surface area contributed by atoms with Gasteiger partial charge in [0.25, 0.3) is 0 Å². The van der Waals surface area contributed by atoms with Crippen molar-refractivity contribution in [1.29, 1.82) is 0 Å². The SMILES string of the molecule is CN(C)CC(=O)N1CCc2ccccc2[C@H](c2ccccc2)C1. The van der Waals surface area contributed by atoms with Crippen molar-refractivity contribution in [3.05, 3.63) is 71.3 Å². The zero-order chi connectivity index (χ0) is 16.2. The Morgan fingerprint density at radius 3 is 2.52 bits per heavy atom. The van der Waals surface area contributed by atoms with Crippen molar-refractivity contribution in [3.63, 3.8) is 0 Å². The number of carbonyl (C=O) groups is 1. The van der Waals surface area contributed by atoms with Crippen LogP contribution in [-0.2, 0) is 11.2 Å². The third-order valence-electron chi connectivity index (χ3n) is 4.49. The quantitative estimate of drug-likeness (QED) is 0.870. The Kier molecular flexibility index (Phi) is 4.77. The van der Waals surface area contributed by atoms with E-state index in [-0.39, 0.29) is 11.8 Å². The zero-order valence-corrected chi connectivity index (χ0v) is 13.9. The van der Waals surface area contributed by atoms with Crippen LogP contribution in [0.5, 0.6) is 0 Å². The maximum Gasteiger partial charge on any atom is 0.236 e. The van der Waals surface area contributed by atoms with Crippen molar-refractivity contribution >= 4 is 5.91 Å². The van der Waals surface area contributed by atoms with Crippen LogP contribution >= 0.6 is 0 Å². The molecule has 1 atom stereocenters. The van der Waals surface area contributed by atoms with Gasteiger partial charge in [-0.05, 0) is 37.2 Å². The summed E-state index contributed by atoms with van der Waals surface area (Å²) in [5, 5.41) is 0. The molecule has 0 aromatic heterocycles.